The number of amides is 1. The first-order valence-corrected chi connectivity index (χ1v) is 10.8. The summed E-state index contributed by atoms with van der Waals surface area (Å²) in [6.45, 7) is 2.66. The second-order valence-corrected chi connectivity index (χ2v) is 7.91. The number of nitrogens with one attached hydrogen (secondary N) is 1. The lowest BCUT2D eigenvalue weighted by molar-refractivity contribution is 0.0948. The van der Waals surface area contributed by atoms with E-state index in [-0.39, 0.29) is 12.1 Å². The molecule has 3 rings (SSSR count). The number of rotatable bonds is 8. The van der Waals surface area contributed by atoms with Crippen LogP contribution in [0.3, 0.4) is 0 Å². The van der Waals surface area contributed by atoms with E-state index in [2.05, 4.69) is 21.2 Å². The van der Waals surface area contributed by atoms with Crippen LogP contribution < -0.4 is 21.3 Å². The minimum Gasteiger partial charge on any atom is -0.495 e. The Kier molecular flexibility index (Phi) is 7.46. The number of ether oxygens (including phenoxy) is 1. The topological polar surface area (TPSA) is 82.3 Å². The van der Waals surface area contributed by atoms with E-state index in [4.69, 9.17) is 4.74 Å². The van der Waals surface area contributed by atoms with Crippen molar-refractivity contribution in [3.05, 3.63) is 91.2 Å². The van der Waals surface area contributed by atoms with Crippen molar-refractivity contribution < 1.29 is 9.53 Å². The third-order valence-electron chi connectivity index (χ3n) is 4.82. The van der Waals surface area contributed by atoms with Crippen LogP contribution in [0.25, 0.3) is 5.69 Å². The van der Waals surface area contributed by atoms with Gasteiger partial charge < -0.3 is 10.1 Å². The number of carbonyl (C=O) groups excluding carboxylic acids is 1. The SMILES string of the molecule is CCCCn1cc(C(=O)NCc2cccc(Br)c2)c(=O)n(-c2ccccc2OC)c1=O. The van der Waals surface area contributed by atoms with Crippen LogP contribution in [0.4, 0.5) is 0 Å². The number of unbranched alkanes of at least 4 members (excludes halogenated alkanes) is 1. The van der Waals surface area contributed by atoms with Gasteiger partial charge in [-0.1, -0.05) is 53.5 Å². The minimum atomic E-state index is -0.686. The second kappa shape index (κ2) is 10.3. The summed E-state index contributed by atoms with van der Waals surface area (Å²) < 4.78 is 8.64. The molecule has 1 aromatic heterocycles. The molecule has 0 unspecified atom stereocenters. The molecule has 8 heteroatoms. The molecule has 1 amide bonds. The molecule has 0 aliphatic carbocycles. The van der Waals surface area contributed by atoms with E-state index in [1.165, 1.54) is 17.9 Å². The second-order valence-electron chi connectivity index (χ2n) is 7.00. The maximum absolute atomic E-state index is 13.2. The maximum atomic E-state index is 13.2. The predicted octanol–water partition coefficient (Wildman–Crippen LogP) is 3.50. The largest absolute Gasteiger partial charge is 0.495 e. The lowest BCUT2D eigenvalue weighted by Crippen LogP contribution is -2.43. The Hall–Kier alpha value is -3.13. The van der Waals surface area contributed by atoms with Crippen LogP contribution in [0.1, 0.15) is 35.7 Å². The molecule has 3 aromatic rings. The van der Waals surface area contributed by atoms with Crippen molar-refractivity contribution in [1.82, 2.24) is 14.5 Å². The van der Waals surface area contributed by atoms with Gasteiger partial charge in [0.05, 0.1) is 12.8 Å². The Labute approximate surface area is 188 Å². The molecule has 0 aliphatic rings. The maximum Gasteiger partial charge on any atom is 0.335 e. The Morgan fingerprint density at radius 2 is 1.90 bits per heavy atom. The van der Waals surface area contributed by atoms with Crippen molar-refractivity contribution >= 4 is 21.8 Å². The minimum absolute atomic E-state index is 0.100. The molecule has 1 heterocycles. The number of methoxy groups -OCH3 is 1. The molecule has 0 atom stereocenters. The number of halogens is 1. The molecule has 162 valence electrons. The van der Waals surface area contributed by atoms with Crippen LogP contribution >= 0.6 is 15.9 Å². The van der Waals surface area contributed by atoms with E-state index < -0.39 is 17.2 Å². The number of aryl methyl sites for hydroxylation is 1. The monoisotopic (exact) mass is 485 g/mol. The standard InChI is InChI=1S/C23H24BrN3O4/c1-3-4-12-26-15-18(21(28)25-14-16-8-7-9-17(24)13-16)22(29)27(23(26)30)19-10-5-6-11-20(19)31-2/h5-11,13,15H,3-4,12,14H2,1-2H3,(H,25,28). The van der Waals surface area contributed by atoms with Crippen LogP contribution in [-0.2, 0) is 13.1 Å². The lowest BCUT2D eigenvalue weighted by atomic mass is 10.2. The molecule has 0 aliphatic heterocycles. The van der Waals surface area contributed by atoms with Gasteiger partial charge in [-0.15, -0.1) is 0 Å². The average Bonchev–Trinajstić information content (AvgIpc) is 2.77. The van der Waals surface area contributed by atoms with Crippen molar-refractivity contribution in [1.29, 1.82) is 0 Å². The van der Waals surface area contributed by atoms with Crippen molar-refractivity contribution in [2.75, 3.05) is 7.11 Å². The van der Waals surface area contributed by atoms with E-state index >= 15 is 0 Å². The summed E-state index contributed by atoms with van der Waals surface area (Å²) in [6, 6.07) is 14.3. The molecule has 0 saturated carbocycles. The van der Waals surface area contributed by atoms with Gasteiger partial charge in [0.25, 0.3) is 11.5 Å². The first-order chi connectivity index (χ1) is 15.0. The Balaban J connectivity index is 2.06. The van der Waals surface area contributed by atoms with Crippen molar-refractivity contribution in [3.8, 4) is 11.4 Å². The van der Waals surface area contributed by atoms with E-state index in [0.29, 0.717) is 18.0 Å². The summed E-state index contributed by atoms with van der Waals surface area (Å²) in [5.41, 5.74) is -0.115. The van der Waals surface area contributed by atoms with E-state index in [1.54, 1.807) is 24.3 Å². The molecule has 1 N–H and O–H groups in total. The molecule has 2 aromatic carbocycles. The summed E-state index contributed by atoms with van der Waals surface area (Å²) >= 11 is 3.40. The Morgan fingerprint density at radius 3 is 2.61 bits per heavy atom. The summed E-state index contributed by atoms with van der Waals surface area (Å²) in [6.07, 6.45) is 2.95. The normalized spacial score (nSPS) is 10.7. The fraction of sp³-hybridized carbons (Fsp3) is 0.261. The molecule has 7 nitrogen and oxygen atoms in total. The number of benzene rings is 2. The first-order valence-electron chi connectivity index (χ1n) is 9.98. The summed E-state index contributed by atoms with van der Waals surface area (Å²) in [5.74, 6) is -0.172. The van der Waals surface area contributed by atoms with Crippen molar-refractivity contribution in [3.63, 3.8) is 0 Å². The Bertz CT molecular complexity index is 1200. The summed E-state index contributed by atoms with van der Waals surface area (Å²) in [4.78, 5) is 39.2. The molecule has 0 spiro atoms. The van der Waals surface area contributed by atoms with E-state index in [9.17, 15) is 14.4 Å². The number of aromatic nitrogens is 2. The highest BCUT2D eigenvalue weighted by molar-refractivity contribution is 9.10. The zero-order chi connectivity index (χ0) is 22.4. The van der Waals surface area contributed by atoms with Crippen LogP contribution in [0.15, 0.2) is 68.8 Å². The van der Waals surface area contributed by atoms with Crippen LogP contribution in [0.5, 0.6) is 5.75 Å². The van der Waals surface area contributed by atoms with Crippen LogP contribution in [0, 0.1) is 0 Å². The third-order valence-corrected chi connectivity index (χ3v) is 5.31. The Morgan fingerprint density at radius 1 is 1.13 bits per heavy atom. The highest BCUT2D eigenvalue weighted by Gasteiger charge is 2.20. The van der Waals surface area contributed by atoms with Gasteiger partial charge in [0, 0.05) is 23.8 Å². The van der Waals surface area contributed by atoms with E-state index in [1.807, 2.05) is 31.2 Å². The van der Waals surface area contributed by atoms with Gasteiger partial charge in [-0.25, -0.2) is 9.36 Å². The third kappa shape index (κ3) is 5.14. The quantitative estimate of drug-likeness (QED) is 0.529. The van der Waals surface area contributed by atoms with Crippen molar-refractivity contribution in [2.24, 2.45) is 0 Å². The van der Waals surface area contributed by atoms with E-state index in [0.717, 1.165) is 27.4 Å². The van der Waals surface area contributed by atoms with Gasteiger partial charge in [0.15, 0.2) is 0 Å². The van der Waals surface area contributed by atoms with Gasteiger partial charge >= 0.3 is 5.69 Å². The molecule has 0 fully saturated rings. The highest BCUT2D eigenvalue weighted by atomic mass is 79.9. The van der Waals surface area contributed by atoms with Crippen molar-refractivity contribution in [2.45, 2.75) is 32.9 Å². The number of nitrogens with zero attached hydrogens (tertiary/aromatic N) is 2. The smallest absolute Gasteiger partial charge is 0.335 e. The number of hydrogen-bond donors (Lipinski definition) is 1. The molecular formula is C23H24BrN3O4. The van der Waals surface area contributed by atoms with Gasteiger partial charge in [-0.2, -0.15) is 0 Å². The fourth-order valence-corrected chi connectivity index (χ4v) is 3.64. The molecular weight excluding hydrogens is 462 g/mol. The predicted molar refractivity (Wildman–Crippen MR) is 123 cm³/mol. The number of para-hydroxylation sites is 2. The average molecular weight is 486 g/mol. The number of hydrogen-bond acceptors (Lipinski definition) is 4. The van der Waals surface area contributed by atoms with Gasteiger partial charge in [-0.05, 0) is 36.2 Å². The van der Waals surface area contributed by atoms with Crippen LogP contribution in [-0.4, -0.2) is 22.2 Å². The lowest BCUT2D eigenvalue weighted by Gasteiger charge is -2.15. The molecule has 31 heavy (non-hydrogen) atoms. The van der Waals surface area contributed by atoms with Gasteiger partial charge in [0.2, 0.25) is 0 Å². The molecule has 0 bridgehead atoms. The first kappa shape index (κ1) is 22.6. The molecule has 0 radical (unpaired) electrons. The highest BCUT2D eigenvalue weighted by Crippen LogP contribution is 2.19. The number of carbonyl (C=O) groups is 1. The van der Waals surface area contributed by atoms with Gasteiger partial charge in [0.1, 0.15) is 11.3 Å². The summed E-state index contributed by atoms with van der Waals surface area (Å²) in [5, 5.41) is 2.77. The zero-order valence-corrected chi connectivity index (χ0v) is 19.0. The van der Waals surface area contributed by atoms with Crippen LogP contribution in [0.2, 0.25) is 0 Å². The zero-order valence-electron chi connectivity index (χ0n) is 17.4. The molecule has 0 saturated heterocycles. The van der Waals surface area contributed by atoms with Gasteiger partial charge in [-0.3, -0.25) is 14.2 Å². The fourth-order valence-electron chi connectivity index (χ4n) is 3.20. The summed E-state index contributed by atoms with van der Waals surface area (Å²) in [7, 11) is 1.47.